The highest BCUT2D eigenvalue weighted by atomic mass is 16.5. The van der Waals surface area contributed by atoms with E-state index in [0.717, 1.165) is 31.8 Å². The van der Waals surface area contributed by atoms with Crippen molar-refractivity contribution < 1.29 is 13.9 Å². The van der Waals surface area contributed by atoms with Crippen LogP contribution in [0, 0.1) is 0 Å². The summed E-state index contributed by atoms with van der Waals surface area (Å²) >= 11 is 0. The maximum atomic E-state index is 11.3. The molecule has 0 spiro atoms. The number of nitrogens with zero attached hydrogens (tertiary/aromatic N) is 1. The molecule has 6 nitrogen and oxygen atoms in total. The molecule has 0 unspecified atom stereocenters. The van der Waals surface area contributed by atoms with Crippen LogP contribution in [-0.2, 0) is 11.3 Å². The van der Waals surface area contributed by atoms with Crippen LogP contribution in [0.15, 0.2) is 16.7 Å². The van der Waals surface area contributed by atoms with E-state index in [9.17, 15) is 4.79 Å². The number of hydrogen-bond acceptors (Lipinski definition) is 5. The van der Waals surface area contributed by atoms with Gasteiger partial charge in [0, 0.05) is 19.3 Å². The molecule has 2 rings (SSSR count). The highest BCUT2D eigenvalue weighted by molar-refractivity contribution is 5.93. The summed E-state index contributed by atoms with van der Waals surface area (Å²) in [5, 5.41) is 0. The monoisotopic (exact) mass is 253 g/mol. The zero-order valence-corrected chi connectivity index (χ0v) is 10.5. The Labute approximate surface area is 106 Å². The molecule has 1 aromatic rings. The zero-order chi connectivity index (χ0) is 13.0. The van der Waals surface area contributed by atoms with Crippen molar-refractivity contribution in [2.75, 3.05) is 20.3 Å². The Bertz CT molecular complexity index is 399. The van der Waals surface area contributed by atoms with E-state index in [1.54, 1.807) is 6.07 Å². The lowest BCUT2D eigenvalue weighted by Gasteiger charge is -2.30. The fourth-order valence-corrected chi connectivity index (χ4v) is 2.17. The molecule has 3 N–H and O–H groups in total. The Morgan fingerprint density at radius 2 is 2.28 bits per heavy atom. The molecule has 0 atom stereocenters. The second kappa shape index (κ2) is 5.99. The highest BCUT2D eigenvalue weighted by Crippen LogP contribution is 2.17. The summed E-state index contributed by atoms with van der Waals surface area (Å²) in [5.74, 6) is 5.50. The lowest BCUT2D eigenvalue weighted by atomic mass is 10.1. The molecule has 1 fully saturated rings. The number of amides is 1. The summed E-state index contributed by atoms with van der Waals surface area (Å²) in [4.78, 5) is 13.5. The van der Waals surface area contributed by atoms with Gasteiger partial charge >= 0.3 is 0 Å². The van der Waals surface area contributed by atoms with Gasteiger partial charge in [-0.1, -0.05) is 0 Å². The van der Waals surface area contributed by atoms with Gasteiger partial charge in [-0.2, -0.15) is 0 Å². The van der Waals surface area contributed by atoms with Crippen LogP contribution in [0.4, 0.5) is 0 Å². The Kier molecular flexibility index (Phi) is 4.35. The minimum atomic E-state index is -0.335. The number of hydrogen-bond donors (Lipinski definition) is 2. The molecule has 1 saturated heterocycles. The lowest BCUT2D eigenvalue weighted by molar-refractivity contribution is 0.0387. The standard InChI is InChI=1S/C12H19N3O3/c1-15(10-2-4-17-5-3-10)7-11-6-9(8-18-11)12(16)14-13/h6,8,10H,2-5,7,13H2,1H3,(H,14,16). The number of carbonyl (C=O) groups excluding carboxylic acids is 1. The molecule has 1 aliphatic rings. The third-order valence-corrected chi connectivity index (χ3v) is 3.27. The van der Waals surface area contributed by atoms with E-state index in [1.165, 1.54) is 6.26 Å². The molecule has 1 aromatic heterocycles. The topological polar surface area (TPSA) is 80.7 Å². The SMILES string of the molecule is CN(Cc1cc(C(=O)NN)co1)C1CCOCC1. The number of carbonyl (C=O) groups is 1. The van der Waals surface area contributed by atoms with E-state index >= 15 is 0 Å². The molecule has 18 heavy (non-hydrogen) atoms. The van der Waals surface area contributed by atoms with Crippen LogP contribution in [-0.4, -0.2) is 37.1 Å². The van der Waals surface area contributed by atoms with Crippen LogP contribution in [0.25, 0.3) is 0 Å². The van der Waals surface area contributed by atoms with Crippen LogP contribution < -0.4 is 11.3 Å². The zero-order valence-electron chi connectivity index (χ0n) is 10.5. The summed E-state index contributed by atoms with van der Waals surface area (Å²) < 4.78 is 10.7. The fraction of sp³-hybridized carbons (Fsp3) is 0.583. The summed E-state index contributed by atoms with van der Waals surface area (Å²) in [5.41, 5.74) is 2.53. The molecular weight excluding hydrogens is 234 g/mol. The minimum absolute atomic E-state index is 0.335. The second-order valence-electron chi connectivity index (χ2n) is 4.53. The average Bonchev–Trinajstić information content (AvgIpc) is 2.87. The summed E-state index contributed by atoms with van der Waals surface area (Å²) in [7, 11) is 2.06. The van der Waals surface area contributed by atoms with Gasteiger partial charge in [-0.05, 0) is 26.0 Å². The molecule has 0 saturated carbocycles. The predicted molar refractivity (Wildman–Crippen MR) is 65.7 cm³/mol. The van der Waals surface area contributed by atoms with Gasteiger partial charge in [0.05, 0.1) is 12.1 Å². The second-order valence-corrected chi connectivity index (χ2v) is 4.53. The Morgan fingerprint density at radius 1 is 1.56 bits per heavy atom. The van der Waals surface area contributed by atoms with Crippen molar-refractivity contribution in [3.05, 3.63) is 23.7 Å². The maximum Gasteiger partial charge on any atom is 0.268 e. The molecule has 6 heteroatoms. The van der Waals surface area contributed by atoms with Crippen LogP contribution in [0.2, 0.25) is 0 Å². The summed E-state index contributed by atoms with van der Waals surface area (Å²) in [6.45, 7) is 2.31. The third-order valence-electron chi connectivity index (χ3n) is 3.27. The lowest BCUT2D eigenvalue weighted by Crippen LogP contribution is -2.36. The Morgan fingerprint density at radius 3 is 2.94 bits per heavy atom. The van der Waals surface area contributed by atoms with Gasteiger partial charge in [0.15, 0.2) is 0 Å². The van der Waals surface area contributed by atoms with Crippen molar-refractivity contribution in [1.82, 2.24) is 10.3 Å². The number of furan rings is 1. The molecule has 0 aliphatic carbocycles. The van der Waals surface area contributed by atoms with Gasteiger partial charge in [-0.15, -0.1) is 0 Å². The number of ether oxygens (including phenoxy) is 1. The number of nitrogens with one attached hydrogen (secondary N) is 1. The Hall–Kier alpha value is -1.37. The predicted octanol–water partition coefficient (Wildman–Crippen LogP) is 0.494. The smallest absolute Gasteiger partial charge is 0.268 e. The van der Waals surface area contributed by atoms with Crippen LogP contribution in [0.5, 0.6) is 0 Å². The Balaban J connectivity index is 1.92. The normalized spacial score (nSPS) is 17.1. The average molecular weight is 253 g/mol. The highest BCUT2D eigenvalue weighted by Gasteiger charge is 2.19. The van der Waals surface area contributed by atoms with Crippen LogP contribution in [0.1, 0.15) is 29.0 Å². The molecule has 1 aliphatic heterocycles. The van der Waals surface area contributed by atoms with Crippen LogP contribution >= 0.6 is 0 Å². The first kappa shape index (κ1) is 13.1. The molecule has 0 bridgehead atoms. The van der Waals surface area contributed by atoms with E-state index in [-0.39, 0.29) is 5.91 Å². The first-order chi connectivity index (χ1) is 8.70. The van der Waals surface area contributed by atoms with Gasteiger partial charge in [0.1, 0.15) is 12.0 Å². The minimum Gasteiger partial charge on any atom is -0.467 e. The molecule has 0 aromatic carbocycles. The van der Waals surface area contributed by atoms with Gasteiger partial charge < -0.3 is 9.15 Å². The number of hydrazine groups is 1. The largest absolute Gasteiger partial charge is 0.467 e. The van der Waals surface area contributed by atoms with E-state index in [2.05, 4.69) is 17.4 Å². The molecule has 100 valence electrons. The fourth-order valence-electron chi connectivity index (χ4n) is 2.17. The van der Waals surface area contributed by atoms with Crippen molar-refractivity contribution in [2.24, 2.45) is 5.84 Å². The molecule has 1 amide bonds. The van der Waals surface area contributed by atoms with Gasteiger partial charge in [-0.3, -0.25) is 15.1 Å². The summed E-state index contributed by atoms with van der Waals surface area (Å²) in [6.07, 6.45) is 3.50. The van der Waals surface area contributed by atoms with E-state index in [0.29, 0.717) is 18.2 Å². The van der Waals surface area contributed by atoms with Gasteiger partial charge in [0.2, 0.25) is 0 Å². The first-order valence-electron chi connectivity index (χ1n) is 6.07. The number of rotatable bonds is 4. The van der Waals surface area contributed by atoms with Gasteiger partial charge in [0.25, 0.3) is 5.91 Å². The van der Waals surface area contributed by atoms with Crippen molar-refractivity contribution in [2.45, 2.75) is 25.4 Å². The van der Waals surface area contributed by atoms with Crippen LogP contribution in [0.3, 0.4) is 0 Å². The van der Waals surface area contributed by atoms with Crippen molar-refractivity contribution >= 4 is 5.91 Å². The quantitative estimate of drug-likeness (QED) is 0.464. The third kappa shape index (κ3) is 3.10. The van der Waals surface area contributed by atoms with E-state index in [4.69, 9.17) is 15.0 Å². The van der Waals surface area contributed by atoms with Crippen molar-refractivity contribution in [1.29, 1.82) is 0 Å². The molecule has 2 heterocycles. The van der Waals surface area contributed by atoms with Gasteiger partial charge in [-0.25, -0.2) is 5.84 Å². The van der Waals surface area contributed by atoms with Crippen molar-refractivity contribution in [3.8, 4) is 0 Å². The molecular formula is C12H19N3O3. The maximum absolute atomic E-state index is 11.3. The summed E-state index contributed by atoms with van der Waals surface area (Å²) in [6, 6.07) is 2.23. The van der Waals surface area contributed by atoms with E-state index < -0.39 is 0 Å². The molecule has 0 radical (unpaired) electrons. The first-order valence-corrected chi connectivity index (χ1v) is 6.07. The number of nitrogens with two attached hydrogens (primary N) is 1. The van der Waals surface area contributed by atoms with Crippen molar-refractivity contribution in [3.63, 3.8) is 0 Å². The number of nitrogen functional groups attached to an aromatic ring is 1. The van der Waals surface area contributed by atoms with E-state index in [1.807, 2.05) is 0 Å².